The lowest BCUT2D eigenvalue weighted by Gasteiger charge is -2.26. The zero-order chi connectivity index (χ0) is 15.0. The number of sulfonamides is 1. The quantitative estimate of drug-likeness (QED) is 0.837. The van der Waals surface area contributed by atoms with Crippen molar-refractivity contribution >= 4 is 32.3 Å². The number of rotatable bonds is 3. The van der Waals surface area contributed by atoms with Gasteiger partial charge < -0.3 is 5.32 Å². The Labute approximate surface area is 129 Å². The van der Waals surface area contributed by atoms with Crippen LogP contribution in [0.1, 0.15) is 0 Å². The maximum Gasteiger partial charge on any atom is 0.243 e. The van der Waals surface area contributed by atoms with E-state index in [0.717, 1.165) is 24.5 Å². The molecule has 10 heteroatoms. The minimum atomic E-state index is -3.79. The van der Waals surface area contributed by atoms with Crippen LogP contribution in [0, 0.1) is 5.82 Å². The van der Waals surface area contributed by atoms with Crippen LogP contribution in [0.5, 0.6) is 0 Å². The second kappa shape index (κ2) is 6.57. The van der Waals surface area contributed by atoms with Crippen LogP contribution in [-0.4, -0.2) is 53.6 Å². The van der Waals surface area contributed by atoms with Gasteiger partial charge in [-0.3, -0.25) is 0 Å². The number of nitrogens with one attached hydrogen (secondary N) is 1. The maximum atomic E-state index is 13.8. The first-order valence-electron chi connectivity index (χ1n) is 5.93. The summed E-state index contributed by atoms with van der Waals surface area (Å²) in [4.78, 5) is -0.735. The van der Waals surface area contributed by atoms with Crippen LogP contribution in [-0.2, 0) is 19.9 Å². The third kappa shape index (κ3) is 3.92. The Morgan fingerprint density at radius 3 is 2.19 bits per heavy atom. The van der Waals surface area contributed by atoms with E-state index in [1.54, 1.807) is 0 Å². The van der Waals surface area contributed by atoms with Gasteiger partial charge in [-0.05, 0) is 18.2 Å². The van der Waals surface area contributed by atoms with Gasteiger partial charge in [0.05, 0.1) is 4.90 Å². The molecule has 0 radical (unpaired) electrons. The minimum Gasteiger partial charge on any atom is -0.314 e. The molecule has 0 atom stereocenters. The number of benzene rings is 1. The molecule has 0 amide bonds. The normalized spacial score (nSPS) is 17.2. The number of piperazine rings is 1. The first-order valence-corrected chi connectivity index (χ1v) is 9.26. The van der Waals surface area contributed by atoms with Crippen molar-refractivity contribution in [3.63, 3.8) is 0 Å². The van der Waals surface area contributed by atoms with Crippen LogP contribution < -0.4 is 5.32 Å². The van der Waals surface area contributed by atoms with Gasteiger partial charge >= 0.3 is 0 Å². The zero-order valence-corrected chi connectivity index (χ0v) is 13.7. The van der Waals surface area contributed by atoms with Crippen molar-refractivity contribution in [2.75, 3.05) is 32.4 Å². The van der Waals surface area contributed by atoms with Crippen LogP contribution in [0.25, 0.3) is 0 Å². The highest BCUT2D eigenvalue weighted by Gasteiger charge is 2.27. The van der Waals surface area contributed by atoms with Gasteiger partial charge in [-0.2, -0.15) is 4.31 Å². The highest BCUT2D eigenvalue weighted by molar-refractivity contribution is 7.90. The fourth-order valence-corrected chi connectivity index (χ4v) is 4.16. The second-order valence-corrected chi connectivity index (χ2v) is 8.44. The molecular formula is C11H16ClFN2O4S2. The summed E-state index contributed by atoms with van der Waals surface area (Å²) < 4.78 is 62.2. The molecule has 0 unspecified atom stereocenters. The fraction of sp³-hybridized carbons (Fsp3) is 0.455. The number of halogens is 2. The van der Waals surface area contributed by atoms with Gasteiger partial charge in [0.15, 0.2) is 9.84 Å². The number of sulfone groups is 1. The maximum absolute atomic E-state index is 13.8. The first-order chi connectivity index (χ1) is 9.23. The molecule has 120 valence electrons. The van der Waals surface area contributed by atoms with Crippen LogP contribution >= 0.6 is 12.4 Å². The molecule has 1 aromatic carbocycles. The van der Waals surface area contributed by atoms with Crippen molar-refractivity contribution in [3.8, 4) is 0 Å². The molecule has 2 rings (SSSR count). The predicted molar refractivity (Wildman–Crippen MR) is 78.4 cm³/mol. The molecular weight excluding hydrogens is 343 g/mol. The summed E-state index contributed by atoms with van der Waals surface area (Å²) in [5.41, 5.74) is 0. The summed E-state index contributed by atoms with van der Waals surface area (Å²) in [6.07, 6.45) is 0.871. The van der Waals surface area contributed by atoms with Crippen LogP contribution in [0.2, 0.25) is 0 Å². The highest BCUT2D eigenvalue weighted by atomic mass is 35.5. The average Bonchev–Trinajstić information content (AvgIpc) is 2.38. The van der Waals surface area contributed by atoms with E-state index in [4.69, 9.17) is 0 Å². The summed E-state index contributed by atoms with van der Waals surface area (Å²) >= 11 is 0. The van der Waals surface area contributed by atoms with Crippen LogP contribution in [0.3, 0.4) is 0 Å². The van der Waals surface area contributed by atoms with E-state index in [1.165, 1.54) is 4.31 Å². The molecule has 21 heavy (non-hydrogen) atoms. The van der Waals surface area contributed by atoms with Crippen LogP contribution in [0.4, 0.5) is 4.39 Å². The molecule has 0 aromatic heterocycles. The van der Waals surface area contributed by atoms with E-state index in [9.17, 15) is 21.2 Å². The van der Waals surface area contributed by atoms with E-state index in [1.807, 2.05) is 0 Å². The van der Waals surface area contributed by atoms with E-state index in [-0.39, 0.29) is 17.3 Å². The number of hydrogen-bond donors (Lipinski definition) is 1. The minimum absolute atomic E-state index is 0. The summed E-state index contributed by atoms with van der Waals surface area (Å²) in [5, 5.41) is 3.02. The summed E-state index contributed by atoms with van der Waals surface area (Å²) in [5.74, 6) is -1.05. The molecule has 1 saturated heterocycles. The monoisotopic (exact) mass is 358 g/mol. The lowest BCUT2D eigenvalue weighted by molar-refractivity contribution is 0.360. The lowest BCUT2D eigenvalue weighted by atomic mass is 10.3. The van der Waals surface area contributed by atoms with E-state index in [0.29, 0.717) is 26.2 Å². The number of nitrogens with zero attached hydrogens (tertiary/aromatic N) is 1. The van der Waals surface area contributed by atoms with Gasteiger partial charge in [0.2, 0.25) is 10.0 Å². The highest BCUT2D eigenvalue weighted by Crippen LogP contribution is 2.21. The fourth-order valence-electron chi connectivity index (χ4n) is 1.98. The molecule has 6 nitrogen and oxygen atoms in total. The smallest absolute Gasteiger partial charge is 0.243 e. The van der Waals surface area contributed by atoms with Crippen molar-refractivity contribution in [3.05, 3.63) is 24.0 Å². The first kappa shape index (κ1) is 18.3. The van der Waals surface area contributed by atoms with Crippen molar-refractivity contribution in [2.45, 2.75) is 9.79 Å². The van der Waals surface area contributed by atoms with E-state index >= 15 is 0 Å². The Kier molecular flexibility index (Phi) is 5.73. The van der Waals surface area contributed by atoms with Crippen molar-refractivity contribution in [1.82, 2.24) is 9.62 Å². The zero-order valence-electron chi connectivity index (χ0n) is 11.2. The molecule has 0 saturated carbocycles. The Hall–Kier alpha value is -0.740. The molecule has 1 fully saturated rings. The molecule has 1 N–H and O–H groups in total. The second-order valence-electron chi connectivity index (χ2n) is 4.52. The van der Waals surface area contributed by atoms with Gasteiger partial charge in [0.25, 0.3) is 0 Å². The Morgan fingerprint density at radius 2 is 1.71 bits per heavy atom. The van der Waals surface area contributed by atoms with Crippen molar-refractivity contribution in [1.29, 1.82) is 0 Å². The predicted octanol–water partition coefficient (Wildman–Crippen LogP) is 0.245. The largest absolute Gasteiger partial charge is 0.314 e. The third-order valence-corrected chi connectivity index (χ3v) is 6.04. The van der Waals surface area contributed by atoms with Crippen molar-refractivity contribution in [2.24, 2.45) is 0 Å². The van der Waals surface area contributed by atoms with Gasteiger partial charge in [-0.1, -0.05) is 0 Å². The number of hydrogen-bond acceptors (Lipinski definition) is 5. The molecule has 1 aliphatic rings. The molecule has 1 heterocycles. The summed E-state index contributed by atoms with van der Waals surface area (Å²) in [6, 6.07) is 2.87. The summed E-state index contributed by atoms with van der Waals surface area (Å²) in [7, 11) is -7.50. The van der Waals surface area contributed by atoms with Gasteiger partial charge in [0.1, 0.15) is 10.7 Å². The Balaban J connectivity index is 0.00000220. The Morgan fingerprint density at radius 1 is 1.14 bits per heavy atom. The third-order valence-electron chi connectivity index (χ3n) is 3.02. The SMILES string of the molecule is CS(=O)(=O)c1ccc(S(=O)(=O)N2CCNCC2)cc1F.Cl. The molecule has 0 bridgehead atoms. The molecule has 1 aliphatic heterocycles. The Bertz CT molecular complexity index is 716. The molecule has 1 aromatic rings. The van der Waals surface area contributed by atoms with E-state index < -0.39 is 30.6 Å². The molecule has 0 aliphatic carbocycles. The topological polar surface area (TPSA) is 83.5 Å². The van der Waals surface area contributed by atoms with Gasteiger partial charge in [0, 0.05) is 32.4 Å². The average molecular weight is 359 g/mol. The van der Waals surface area contributed by atoms with Gasteiger partial charge in [-0.15, -0.1) is 12.4 Å². The summed E-state index contributed by atoms with van der Waals surface area (Å²) in [6.45, 7) is 1.67. The lowest BCUT2D eigenvalue weighted by Crippen LogP contribution is -2.46. The van der Waals surface area contributed by atoms with Gasteiger partial charge in [-0.25, -0.2) is 21.2 Å². The van der Waals surface area contributed by atoms with Crippen LogP contribution in [0.15, 0.2) is 28.0 Å². The molecule has 0 spiro atoms. The van der Waals surface area contributed by atoms with Crippen molar-refractivity contribution < 1.29 is 21.2 Å². The standard InChI is InChI=1S/C11H15FN2O4S2.ClH/c1-19(15,16)11-3-2-9(8-10(11)12)20(17,18)14-6-4-13-5-7-14;/h2-3,8,13H,4-7H2,1H3;1H. The van der Waals surface area contributed by atoms with E-state index in [2.05, 4.69) is 5.32 Å².